The Hall–Kier alpha value is -6.72. The van der Waals surface area contributed by atoms with E-state index in [1.165, 1.54) is 6.33 Å². The maximum atomic E-state index is 14.0. The van der Waals surface area contributed by atoms with Crippen LogP contribution in [0.3, 0.4) is 0 Å². The van der Waals surface area contributed by atoms with Gasteiger partial charge in [-0.2, -0.15) is 5.10 Å². The Kier molecular flexibility index (Phi) is 11.3. The second kappa shape index (κ2) is 17.4. The fraction of sp³-hybridized carbons (Fsp3) is 0.404. The summed E-state index contributed by atoms with van der Waals surface area (Å²) in [5, 5.41) is 8.02. The number of anilines is 1. The Balaban J connectivity index is 0.705. The number of nitrogens with two attached hydrogens (primary N) is 1. The quantitative estimate of drug-likeness (QED) is 0.197. The average Bonchev–Trinajstić information content (AvgIpc) is 3.84. The summed E-state index contributed by atoms with van der Waals surface area (Å²) in [6.45, 7) is 7.90. The molecule has 3 aromatic carbocycles. The number of carbonyl (C=O) groups excluding carboxylic acids is 5. The van der Waals surface area contributed by atoms with Crippen LogP contribution >= 0.6 is 0 Å². The van der Waals surface area contributed by atoms with E-state index < -0.39 is 29.7 Å². The zero-order valence-electron chi connectivity index (χ0n) is 35.6. The Labute approximate surface area is 370 Å². The monoisotopic (exact) mass is 865 g/mol. The molecule has 0 aliphatic carbocycles. The van der Waals surface area contributed by atoms with Gasteiger partial charge in [-0.25, -0.2) is 19.4 Å². The number of nitrogens with zero attached hydrogens (tertiary/aromatic N) is 9. The van der Waals surface area contributed by atoms with Crippen molar-refractivity contribution in [1.29, 1.82) is 0 Å². The van der Waals surface area contributed by atoms with Crippen LogP contribution in [0.15, 0.2) is 79.1 Å². The van der Waals surface area contributed by atoms with Crippen molar-refractivity contribution in [2.45, 2.75) is 56.5 Å². The van der Waals surface area contributed by atoms with Crippen LogP contribution in [0.2, 0.25) is 0 Å². The first-order valence-corrected chi connectivity index (χ1v) is 22.3. The molecular formula is C47H51N11O6. The van der Waals surface area contributed by atoms with E-state index in [-0.39, 0.29) is 30.8 Å². The summed E-state index contributed by atoms with van der Waals surface area (Å²) in [4.78, 5) is 83.5. The number of nitrogens with one attached hydrogen (secondary N) is 1. The number of likely N-dealkylation sites (tertiary alicyclic amines) is 2. The predicted octanol–water partition coefficient (Wildman–Crippen LogP) is 4.52. The molecule has 4 fully saturated rings. The molecule has 4 saturated heterocycles. The molecule has 17 heteroatoms. The lowest BCUT2D eigenvalue weighted by molar-refractivity contribution is -0.136. The number of hydrogen-bond donors (Lipinski definition) is 2. The lowest BCUT2D eigenvalue weighted by Gasteiger charge is -2.41. The number of imide groups is 2. The molecule has 5 aromatic rings. The van der Waals surface area contributed by atoms with E-state index in [0.29, 0.717) is 65.6 Å². The van der Waals surface area contributed by atoms with Crippen molar-refractivity contribution in [1.82, 2.24) is 49.6 Å². The molecule has 2 atom stereocenters. The molecule has 2 aromatic heterocycles. The number of hydrogen-bond acceptors (Lipinski definition) is 12. The highest BCUT2D eigenvalue weighted by Crippen LogP contribution is 2.36. The fourth-order valence-corrected chi connectivity index (χ4v) is 9.96. The number of carbonyl (C=O) groups is 5. The Morgan fingerprint density at radius 2 is 1.47 bits per heavy atom. The van der Waals surface area contributed by atoms with Gasteiger partial charge < -0.3 is 25.2 Å². The van der Waals surface area contributed by atoms with E-state index in [0.717, 1.165) is 86.7 Å². The van der Waals surface area contributed by atoms with Gasteiger partial charge in [0, 0.05) is 64.3 Å². The minimum absolute atomic E-state index is 0.0625. The molecule has 5 aliphatic heterocycles. The molecule has 0 spiro atoms. The summed E-state index contributed by atoms with van der Waals surface area (Å²) in [6, 6.07) is 21.9. The maximum Gasteiger partial charge on any atom is 0.320 e. The number of urea groups is 1. The lowest BCUT2D eigenvalue weighted by Crippen LogP contribution is -2.55. The van der Waals surface area contributed by atoms with Crippen molar-refractivity contribution >= 4 is 46.5 Å². The predicted molar refractivity (Wildman–Crippen MR) is 236 cm³/mol. The molecule has 64 heavy (non-hydrogen) atoms. The number of aromatic nitrogens is 4. The second-order valence-electron chi connectivity index (χ2n) is 17.4. The smallest absolute Gasteiger partial charge is 0.320 e. The zero-order valence-corrected chi connectivity index (χ0v) is 35.6. The molecule has 3 N–H and O–H groups in total. The highest BCUT2D eigenvalue weighted by Gasteiger charge is 2.45. The van der Waals surface area contributed by atoms with Crippen molar-refractivity contribution in [3.8, 4) is 22.8 Å². The molecule has 7 heterocycles. The maximum absolute atomic E-state index is 14.0. The number of fused-ring (bicyclic) bond motifs is 2. The van der Waals surface area contributed by atoms with E-state index in [4.69, 9.17) is 15.6 Å². The van der Waals surface area contributed by atoms with E-state index in [1.54, 1.807) is 6.07 Å². The number of nitrogen functional groups attached to an aromatic ring is 1. The van der Waals surface area contributed by atoms with E-state index in [1.807, 2.05) is 81.2 Å². The Bertz CT molecular complexity index is 2600. The minimum Gasteiger partial charge on any atom is -0.457 e. The number of amides is 6. The van der Waals surface area contributed by atoms with Crippen molar-refractivity contribution < 1.29 is 28.7 Å². The van der Waals surface area contributed by atoms with Gasteiger partial charge in [0.05, 0.1) is 22.6 Å². The number of para-hydroxylation sites is 1. The largest absolute Gasteiger partial charge is 0.457 e. The third kappa shape index (κ3) is 8.05. The van der Waals surface area contributed by atoms with Gasteiger partial charge in [-0.3, -0.25) is 34.3 Å². The van der Waals surface area contributed by atoms with E-state index >= 15 is 0 Å². The second-order valence-corrected chi connectivity index (χ2v) is 17.4. The molecule has 6 amide bonds. The summed E-state index contributed by atoms with van der Waals surface area (Å²) in [5.74, 6) is 0.141. The lowest BCUT2D eigenvalue weighted by atomic mass is 9.88. The van der Waals surface area contributed by atoms with E-state index in [9.17, 15) is 24.0 Å². The van der Waals surface area contributed by atoms with Crippen LogP contribution in [0.4, 0.5) is 10.6 Å². The fourth-order valence-electron chi connectivity index (χ4n) is 9.96. The number of ether oxygens (including phenoxy) is 1. The van der Waals surface area contributed by atoms with Gasteiger partial charge in [-0.05, 0) is 105 Å². The summed E-state index contributed by atoms with van der Waals surface area (Å²) >= 11 is 0. The summed E-state index contributed by atoms with van der Waals surface area (Å²) in [7, 11) is 0. The number of benzene rings is 3. The third-order valence-corrected chi connectivity index (χ3v) is 13.5. The first-order chi connectivity index (χ1) is 31.2. The van der Waals surface area contributed by atoms with Crippen LogP contribution in [0.25, 0.3) is 22.3 Å². The van der Waals surface area contributed by atoms with Gasteiger partial charge in [0.1, 0.15) is 35.4 Å². The van der Waals surface area contributed by atoms with Gasteiger partial charge >= 0.3 is 6.03 Å². The average molecular weight is 866 g/mol. The van der Waals surface area contributed by atoms with Crippen molar-refractivity contribution in [2.75, 3.05) is 71.2 Å². The molecule has 0 saturated carbocycles. The van der Waals surface area contributed by atoms with Crippen LogP contribution < -0.4 is 15.8 Å². The SMILES string of the molecule is Nc1ncnc2c1c(-c1ccc(Oc3ccccc3)cc1)nn2C1CCCN(C(=O)N2CCN(CCN3CCC(c4ccc5c(c4)C(=O)N(C4CCC(=O)NC4=O)C5=O)CC3)CC2)C1. The van der Waals surface area contributed by atoms with E-state index in [2.05, 4.69) is 25.1 Å². The normalized spacial score (nSPS) is 21.4. The summed E-state index contributed by atoms with van der Waals surface area (Å²) < 4.78 is 7.94. The van der Waals surface area contributed by atoms with Gasteiger partial charge in [0.15, 0.2) is 5.65 Å². The molecule has 5 aliphatic rings. The molecule has 0 bridgehead atoms. The Morgan fingerprint density at radius 3 is 2.22 bits per heavy atom. The van der Waals surface area contributed by atoms with Crippen LogP contribution in [0.1, 0.15) is 76.8 Å². The topological polar surface area (TPSA) is 192 Å². The highest BCUT2D eigenvalue weighted by molar-refractivity contribution is 6.23. The van der Waals surface area contributed by atoms with Crippen molar-refractivity contribution in [3.63, 3.8) is 0 Å². The molecular weight excluding hydrogens is 815 g/mol. The first-order valence-electron chi connectivity index (χ1n) is 22.3. The van der Waals surface area contributed by atoms with Gasteiger partial charge in [-0.15, -0.1) is 0 Å². The summed E-state index contributed by atoms with van der Waals surface area (Å²) in [5.41, 5.74) is 10.3. The molecule has 330 valence electrons. The molecule has 17 nitrogen and oxygen atoms in total. The first kappa shape index (κ1) is 41.3. The number of piperidine rings is 3. The standard InChI is InChI=1S/C47H51N11O6/c48-42-40-41(31-8-11-35(12-9-31)64-34-6-2-1-3-7-34)52-58(43(40)50-29-49-42)33-5-4-18-56(28-33)47(63)55-25-23-54(24-26-55)22-21-53-19-16-30(17-20-53)32-10-13-36-37(27-32)46(62)57(45(36)61)38-14-15-39(59)51-44(38)60/h1-3,6-13,27,29-30,33,38H,4-5,14-26,28H2,(H2,48,49,50)(H,51,59,60). The van der Waals surface area contributed by atoms with Gasteiger partial charge in [-0.1, -0.05) is 24.3 Å². The van der Waals surface area contributed by atoms with Crippen molar-refractivity contribution in [3.05, 3.63) is 95.8 Å². The molecule has 0 radical (unpaired) electrons. The third-order valence-electron chi connectivity index (χ3n) is 13.5. The highest BCUT2D eigenvalue weighted by atomic mass is 16.5. The zero-order chi connectivity index (χ0) is 43.9. The van der Waals surface area contributed by atoms with Gasteiger partial charge in [0.2, 0.25) is 11.8 Å². The minimum atomic E-state index is -0.970. The number of rotatable bonds is 9. The summed E-state index contributed by atoms with van der Waals surface area (Å²) in [6.07, 6.45) is 5.28. The van der Waals surface area contributed by atoms with Crippen LogP contribution in [0.5, 0.6) is 11.5 Å². The molecule has 10 rings (SSSR count). The van der Waals surface area contributed by atoms with Crippen LogP contribution in [-0.4, -0.2) is 145 Å². The van der Waals surface area contributed by atoms with Gasteiger partial charge in [0.25, 0.3) is 11.8 Å². The van der Waals surface area contributed by atoms with Crippen LogP contribution in [-0.2, 0) is 9.59 Å². The Morgan fingerprint density at radius 1 is 0.750 bits per heavy atom. The van der Waals surface area contributed by atoms with Crippen LogP contribution in [0, 0.1) is 0 Å². The molecule has 2 unspecified atom stereocenters. The number of piperazine rings is 1. The van der Waals surface area contributed by atoms with Crippen molar-refractivity contribution in [2.24, 2.45) is 0 Å².